The molecule has 0 saturated carbocycles. The number of rotatable bonds is 10. The smallest absolute Gasteiger partial charge is 0.408 e. The van der Waals surface area contributed by atoms with Crippen LogP contribution in [0, 0.1) is 5.92 Å². The maximum Gasteiger partial charge on any atom is 0.408 e. The fourth-order valence-corrected chi connectivity index (χ4v) is 3.68. The van der Waals surface area contributed by atoms with E-state index in [1.165, 1.54) is 18.7 Å². The molecule has 9 nitrogen and oxygen atoms in total. The second-order valence-corrected chi connectivity index (χ2v) is 10.1. The lowest BCUT2D eigenvalue weighted by Gasteiger charge is -2.37. The van der Waals surface area contributed by atoms with Gasteiger partial charge in [0.25, 0.3) is 0 Å². The highest BCUT2D eigenvalue weighted by molar-refractivity contribution is 9.10. The fraction of sp³-hybridized carbons (Fsp3) is 0.583. The van der Waals surface area contributed by atoms with Gasteiger partial charge in [-0.2, -0.15) is 0 Å². The average Bonchev–Trinajstić information content (AvgIpc) is 2.72. The number of carboxylic acids is 1. The van der Waals surface area contributed by atoms with Gasteiger partial charge in [0.15, 0.2) is 0 Å². The zero-order valence-corrected chi connectivity index (χ0v) is 22.4. The molecular formula is C24H36BrN3O6. The number of ether oxygens (including phenoxy) is 1. The summed E-state index contributed by atoms with van der Waals surface area (Å²) in [5, 5.41) is 14.3. The van der Waals surface area contributed by atoms with Crippen LogP contribution in [-0.4, -0.2) is 52.7 Å². The van der Waals surface area contributed by atoms with Gasteiger partial charge in [-0.25, -0.2) is 4.79 Å². The lowest BCUT2D eigenvalue weighted by atomic mass is 9.90. The molecule has 2 unspecified atom stereocenters. The number of nitrogens with zero attached hydrogens (tertiary/aromatic N) is 1. The molecule has 10 heteroatoms. The summed E-state index contributed by atoms with van der Waals surface area (Å²) in [7, 11) is 0. The van der Waals surface area contributed by atoms with Gasteiger partial charge in [-0.3, -0.25) is 19.3 Å². The van der Waals surface area contributed by atoms with E-state index in [0.29, 0.717) is 18.5 Å². The molecule has 3 N–H and O–H groups in total. The predicted octanol–water partition coefficient (Wildman–Crippen LogP) is 4.09. The first-order valence-electron chi connectivity index (χ1n) is 11.3. The monoisotopic (exact) mass is 541 g/mol. The molecule has 3 amide bonds. The first kappa shape index (κ1) is 29.4. The molecule has 0 bridgehead atoms. The highest BCUT2D eigenvalue weighted by atomic mass is 79.9. The molecule has 0 aliphatic heterocycles. The van der Waals surface area contributed by atoms with Crippen LogP contribution in [0.1, 0.15) is 61.3 Å². The summed E-state index contributed by atoms with van der Waals surface area (Å²) < 4.78 is 6.05. The van der Waals surface area contributed by atoms with E-state index in [4.69, 9.17) is 4.74 Å². The Hall–Kier alpha value is -2.62. The Labute approximate surface area is 209 Å². The van der Waals surface area contributed by atoms with Crippen LogP contribution in [0.15, 0.2) is 28.7 Å². The molecule has 0 aliphatic rings. The van der Waals surface area contributed by atoms with E-state index >= 15 is 0 Å². The number of alkyl carbamates (subject to hydrolysis) is 1. The van der Waals surface area contributed by atoms with Crippen LogP contribution in [0.25, 0.3) is 0 Å². The van der Waals surface area contributed by atoms with Gasteiger partial charge in [-0.15, -0.1) is 0 Å². The number of carboxylic acid groups (broad SMARTS) is 1. The number of anilines is 1. The van der Waals surface area contributed by atoms with E-state index in [9.17, 15) is 24.3 Å². The van der Waals surface area contributed by atoms with Crippen molar-refractivity contribution < 1.29 is 29.0 Å². The molecule has 190 valence electrons. The van der Waals surface area contributed by atoms with Crippen LogP contribution < -0.4 is 15.5 Å². The third-order valence-corrected chi connectivity index (χ3v) is 5.75. The third-order valence-electron chi connectivity index (χ3n) is 5.22. The first-order valence-corrected chi connectivity index (χ1v) is 12.1. The van der Waals surface area contributed by atoms with Crippen molar-refractivity contribution in [3.8, 4) is 0 Å². The summed E-state index contributed by atoms with van der Waals surface area (Å²) in [6.07, 6.45) is 0.390. The van der Waals surface area contributed by atoms with Crippen LogP contribution in [0.2, 0.25) is 0 Å². The zero-order valence-electron chi connectivity index (χ0n) is 20.8. The highest BCUT2D eigenvalue weighted by Gasteiger charge is 2.39. The van der Waals surface area contributed by atoms with E-state index in [2.05, 4.69) is 26.6 Å². The fourth-order valence-electron chi connectivity index (χ4n) is 3.42. The maximum atomic E-state index is 13.7. The Morgan fingerprint density at radius 1 is 1.00 bits per heavy atom. The number of benzene rings is 1. The van der Waals surface area contributed by atoms with Gasteiger partial charge in [0.05, 0.1) is 0 Å². The van der Waals surface area contributed by atoms with E-state index < -0.39 is 47.6 Å². The van der Waals surface area contributed by atoms with Crippen molar-refractivity contribution in [2.24, 2.45) is 5.92 Å². The summed E-state index contributed by atoms with van der Waals surface area (Å²) in [5.74, 6) is -2.55. The zero-order chi connectivity index (χ0) is 26.2. The lowest BCUT2D eigenvalue weighted by Crippen LogP contribution is -2.59. The number of hydrogen-bond donors (Lipinski definition) is 3. The van der Waals surface area contributed by atoms with Crippen LogP contribution >= 0.6 is 15.9 Å². The Morgan fingerprint density at radius 2 is 1.53 bits per heavy atom. The summed E-state index contributed by atoms with van der Waals surface area (Å²) >= 11 is 3.37. The largest absolute Gasteiger partial charge is 0.480 e. The van der Waals surface area contributed by atoms with E-state index in [1.54, 1.807) is 45.0 Å². The molecule has 3 atom stereocenters. The minimum Gasteiger partial charge on any atom is -0.480 e. The number of halogens is 1. The minimum absolute atomic E-state index is 0.262. The van der Waals surface area contributed by atoms with Gasteiger partial charge >= 0.3 is 12.1 Å². The van der Waals surface area contributed by atoms with Crippen LogP contribution in [0.4, 0.5) is 10.5 Å². The normalized spacial score (nSPS) is 14.0. The van der Waals surface area contributed by atoms with Crippen molar-refractivity contribution in [3.05, 3.63) is 28.7 Å². The van der Waals surface area contributed by atoms with Crippen molar-refractivity contribution in [1.82, 2.24) is 10.6 Å². The number of carbonyl (C=O) groups excluding carboxylic acids is 3. The quantitative estimate of drug-likeness (QED) is 0.409. The van der Waals surface area contributed by atoms with E-state index in [-0.39, 0.29) is 5.92 Å². The minimum atomic E-state index is -1.18. The van der Waals surface area contributed by atoms with Crippen molar-refractivity contribution in [2.75, 3.05) is 4.90 Å². The number of hydrogen-bond acceptors (Lipinski definition) is 5. The van der Waals surface area contributed by atoms with E-state index in [0.717, 1.165) is 4.47 Å². The number of aliphatic carboxylic acids is 1. The molecule has 0 radical (unpaired) electrons. The second-order valence-electron chi connectivity index (χ2n) is 9.14. The topological polar surface area (TPSA) is 125 Å². The molecule has 0 aromatic heterocycles. The Kier molecular flexibility index (Phi) is 11.0. The van der Waals surface area contributed by atoms with Crippen molar-refractivity contribution in [3.63, 3.8) is 0 Å². The first-order chi connectivity index (χ1) is 15.7. The molecule has 0 heterocycles. The van der Waals surface area contributed by atoms with Gasteiger partial charge < -0.3 is 20.5 Å². The molecule has 34 heavy (non-hydrogen) atoms. The average molecular weight is 542 g/mol. The number of carbonyl (C=O) groups is 4. The predicted molar refractivity (Wildman–Crippen MR) is 134 cm³/mol. The van der Waals surface area contributed by atoms with Crippen LogP contribution in [-0.2, 0) is 19.1 Å². The Bertz CT molecular complexity index is 864. The van der Waals surface area contributed by atoms with Gasteiger partial charge in [0.1, 0.15) is 23.7 Å². The van der Waals surface area contributed by atoms with Gasteiger partial charge in [-0.1, -0.05) is 42.6 Å². The van der Waals surface area contributed by atoms with E-state index in [1.807, 2.05) is 13.8 Å². The molecule has 0 saturated heterocycles. The standard InChI is InChI=1S/C24H36BrN3O6/c1-8-16(9-2)19(20(29)26-15(4)22(31)32)28(18-12-10-17(25)11-13-18)21(30)14(3)27-23(33)34-24(5,6)7/h10-16,19H,8-9H2,1-7H3,(H,26,29)(H,27,33)(H,31,32)/t14-,15?,19?/m0/s1. The highest BCUT2D eigenvalue weighted by Crippen LogP contribution is 2.28. The summed E-state index contributed by atoms with van der Waals surface area (Å²) in [5.41, 5.74) is -0.301. The molecule has 0 aliphatic carbocycles. The van der Waals surface area contributed by atoms with Crippen LogP contribution in [0.5, 0.6) is 0 Å². The lowest BCUT2D eigenvalue weighted by molar-refractivity contribution is -0.141. The molecular weight excluding hydrogens is 506 g/mol. The second kappa shape index (κ2) is 12.7. The maximum absolute atomic E-state index is 13.7. The van der Waals surface area contributed by atoms with Gasteiger partial charge in [0.2, 0.25) is 11.8 Å². The summed E-state index contributed by atoms with van der Waals surface area (Å²) in [4.78, 5) is 52.0. The molecule has 1 rings (SSSR count). The van der Waals surface area contributed by atoms with Crippen molar-refractivity contribution in [1.29, 1.82) is 0 Å². The van der Waals surface area contributed by atoms with Crippen LogP contribution in [0.3, 0.4) is 0 Å². The molecule has 1 aromatic carbocycles. The molecule has 1 aromatic rings. The Morgan fingerprint density at radius 3 is 1.97 bits per heavy atom. The molecule has 0 spiro atoms. The molecule has 0 fully saturated rings. The van der Waals surface area contributed by atoms with Gasteiger partial charge in [0, 0.05) is 10.2 Å². The van der Waals surface area contributed by atoms with Crippen molar-refractivity contribution >= 4 is 45.5 Å². The number of nitrogens with one attached hydrogen (secondary N) is 2. The number of amides is 3. The Balaban J connectivity index is 3.46. The van der Waals surface area contributed by atoms with Gasteiger partial charge in [-0.05, 0) is 64.8 Å². The summed E-state index contributed by atoms with van der Waals surface area (Å²) in [6.45, 7) is 11.8. The third kappa shape index (κ3) is 8.62. The van der Waals surface area contributed by atoms with Crippen molar-refractivity contribution in [2.45, 2.75) is 85.0 Å². The SMILES string of the molecule is CCC(CC)C(C(=O)NC(C)C(=O)O)N(C(=O)[C@H](C)NC(=O)OC(C)(C)C)c1ccc(Br)cc1. The summed E-state index contributed by atoms with van der Waals surface area (Å²) in [6, 6.07) is 3.71.